The number of carbonyl (C=O) groups excluding carboxylic acids is 1. The van der Waals surface area contributed by atoms with Crippen molar-refractivity contribution in [3.8, 4) is 5.75 Å². The minimum Gasteiger partial charge on any atom is -0.497 e. The fourth-order valence-corrected chi connectivity index (χ4v) is 3.40. The predicted octanol–water partition coefficient (Wildman–Crippen LogP) is 1.44. The lowest BCUT2D eigenvalue weighted by molar-refractivity contribution is -0.392. The molecule has 0 bridgehead atoms. The number of ether oxygens (including phenoxy) is 1. The van der Waals surface area contributed by atoms with Gasteiger partial charge >= 0.3 is 0 Å². The van der Waals surface area contributed by atoms with E-state index >= 15 is 0 Å². The van der Waals surface area contributed by atoms with Crippen molar-refractivity contribution < 1.29 is 19.4 Å². The maximum atomic E-state index is 11.8. The van der Waals surface area contributed by atoms with Crippen molar-refractivity contribution in [3.63, 3.8) is 0 Å². The zero-order valence-corrected chi connectivity index (χ0v) is 16.1. The Labute approximate surface area is 171 Å². The van der Waals surface area contributed by atoms with E-state index in [9.17, 15) is 25.0 Å². The number of nitro groups is 2. The van der Waals surface area contributed by atoms with E-state index in [0.29, 0.717) is 26.2 Å². The summed E-state index contributed by atoms with van der Waals surface area (Å²) < 4.78 is 5.15. The standard InChI is InChI=1S/C18H20N6O6/c1-30-14-4-2-13(3-5-14)21-6-8-22(9-7-21)17-15(23(26)27)10-12(18(25)20-19)11-16(17)24(28)29/h2-5,10-11H,6-9,19H2,1H3,(H,20,25). The van der Waals surface area contributed by atoms with Gasteiger partial charge in [0.1, 0.15) is 5.75 Å². The number of hydrazine groups is 1. The number of nitrogens with one attached hydrogen (secondary N) is 1. The van der Waals surface area contributed by atoms with Crippen molar-refractivity contribution in [3.05, 3.63) is 62.2 Å². The van der Waals surface area contributed by atoms with Crippen molar-refractivity contribution in [2.75, 3.05) is 43.1 Å². The van der Waals surface area contributed by atoms with Gasteiger partial charge in [0.05, 0.1) is 22.5 Å². The number of nitro benzene ring substituents is 2. The fraction of sp³-hybridized carbons (Fsp3) is 0.278. The summed E-state index contributed by atoms with van der Waals surface area (Å²) in [6, 6.07) is 9.47. The van der Waals surface area contributed by atoms with Crippen molar-refractivity contribution in [1.29, 1.82) is 0 Å². The van der Waals surface area contributed by atoms with E-state index in [2.05, 4.69) is 4.90 Å². The normalized spacial score (nSPS) is 13.7. The second kappa shape index (κ2) is 8.61. The van der Waals surface area contributed by atoms with Crippen LogP contribution >= 0.6 is 0 Å². The molecule has 12 heteroatoms. The average molecular weight is 416 g/mol. The van der Waals surface area contributed by atoms with Gasteiger partial charge in [-0.05, 0) is 24.3 Å². The quantitative estimate of drug-likeness (QED) is 0.308. The first kappa shape index (κ1) is 20.8. The van der Waals surface area contributed by atoms with Gasteiger partial charge in [-0.25, -0.2) is 5.84 Å². The minimum absolute atomic E-state index is 0.118. The SMILES string of the molecule is COc1ccc(N2CCN(c3c([N+](=O)[O-])cc(C(=O)NN)cc3[N+](=O)[O-])CC2)cc1. The summed E-state index contributed by atoms with van der Waals surface area (Å²) in [5, 5.41) is 23.2. The Bertz CT molecular complexity index is 937. The van der Waals surface area contributed by atoms with Crippen LogP contribution in [0.25, 0.3) is 0 Å². The largest absolute Gasteiger partial charge is 0.497 e. The summed E-state index contributed by atoms with van der Waals surface area (Å²) in [5.74, 6) is 4.94. The van der Waals surface area contributed by atoms with Gasteiger partial charge in [0.25, 0.3) is 17.3 Å². The number of nitrogen functional groups attached to an aromatic ring is 1. The van der Waals surface area contributed by atoms with E-state index in [0.717, 1.165) is 23.6 Å². The van der Waals surface area contributed by atoms with E-state index in [1.54, 1.807) is 12.0 Å². The van der Waals surface area contributed by atoms with Crippen LogP contribution in [0.5, 0.6) is 5.75 Å². The van der Waals surface area contributed by atoms with Crippen molar-refractivity contribution in [1.82, 2.24) is 5.43 Å². The van der Waals surface area contributed by atoms with Crippen LogP contribution in [0.15, 0.2) is 36.4 Å². The topological polar surface area (TPSA) is 157 Å². The number of nitrogens with zero attached hydrogens (tertiary/aromatic N) is 4. The summed E-state index contributed by atoms with van der Waals surface area (Å²) in [6.07, 6.45) is 0. The van der Waals surface area contributed by atoms with E-state index in [4.69, 9.17) is 10.6 Å². The van der Waals surface area contributed by atoms with Crippen LogP contribution in [-0.2, 0) is 0 Å². The Morgan fingerprint density at radius 2 is 1.50 bits per heavy atom. The number of hydrogen-bond acceptors (Lipinski definition) is 9. The van der Waals surface area contributed by atoms with Crippen molar-refractivity contribution in [2.45, 2.75) is 0 Å². The molecule has 3 N–H and O–H groups in total. The van der Waals surface area contributed by atoms with Gasteiger partial charge in [0, 0.05) is 44.0 Å². The molecule has 0 radical (unpaired) electrons. The van der Waals surface area contributed by atoms with E-state index in [-0.39, 0.29) is 11.3 Å². The number of piperazine rings is 1. The Balaban J connectivity index is 1.90. The second-order valence-corrected chi connectivity index (χ2v) is 6.52. The smallest absolute Gasteiger partial charge is 0.300 e. The monoisotopic (exact) mass is 416 g/mol. The average Bonchev–Trinajstić information content (AvgIpc) is 2.77. The number of rotatable bonds is 6. The Hall–Kier alpha value is -3.93. The summed E-state index contributed by atoms with van der Waals surface area (Å²) in [5.41, 5.74) is 1.39. The molecule has 2 aromatic rings. The third-order valence-electron chi connectivity index (χ3n) is 4.89. The zero-order valence-electron chi connectivity index (χ0n) is 16.1. The van der Waals surface area contributed by atoms with E-state index < -0.39 is 27.1 Å². The molecule has 0 atom stereocenters. The highest BCUT2D eigenvalue weighted by Gasteiger charge is 2.34. The van der Waals surface area contributed by atoms with Crippen LogP contribution < -0.4 is 25.8 Å². The second-order valence-electron chi connectivity index (χ2n) is 6.52. The molecular formula is C18H20N6O6. The first-order valence-corrected chi connectivity index (χ1v) is 8.97. The highest BCUT2D eigenvalue weighted by atomic mass is 16.6. The molecule has 1 fully saturated rings. The van der Waals surface area contributed by atoms with Gasteiger partial charge in [0.15, 0.2) is 5.69 Å². The number of benzene rings is 2. The lowest BCUT2D eigenvalue weighted by Crippen LogP contribution is -2.47. The van der Waals surface area contributed by atoms with Crippen LogP contribution in [0.3, 0.4) is 0 Å². The summed E-state index contributed by atoms with van der Waals surface area (Å²) in [6.45, 7) is 1.67. The number of nitrogens with two attached hydrogens (primary N) is 1. The van der Waals surface area contributed by atoms with Crippen LogP contribution in [0.4, 0.5) is 22.7 Å². The molecule has 12 nitrogen and oxygen atoms in total. The number of methoxy groups -OCH3 is 1. The van der Waals surface area contributed by atoms with E-state index in [1.807, 2.05) is 29.7 Å². The van der Waals surface area contributed by atoms with Crippen LogP contribution in [0, 0.1) is 20.2 Å². The lowest BCUT2D eigenvalue weighted by Gasteiger charge is -2.36. The molecule has 1 saturated heterocycles. The zero-order chi connectivity index (χ0) is 21.8. The van der Waals surface area contributed by atoms with Gasteiger partial charge in [-0.2, -0.15) is 0 Å². The molecular weight excluding hydrogens is 396 g/mol. The predicted molar refractivity (Wildman–Crippen MR) is 109 cm³/mol. The van der Waals surface area contributed by atoms with Gasteiger partial charge in [-0.3, -0.25) is 30.4 Å². The number of anilines is 2. The van der Waals surface area contributed by atoms with Crippen molar-refractivity contribution >= 4 is 28.7 Å². The Kier molecular flexibility index (Phi) is 5.97. The molecule has 0 aromatic heterocycles. The minimum atomic E-state index is -0.850. The first-order valence-electron chi connectivity index (χ1n) is 8.97. The highest BCUT2D eigenvalue weighted by molar-refractivity contribution is 5.97. The lowest BCUT2D eigenvalue weighted by atomic mass is 10.1. The molecule has 1 heterocycles. The fourth-order valence-electron chi connectivity index (χ4n) is 3.40. The summed E-state index contributed by atoms with van der Waals surface area (Å²) in [4.78, 5) is 37.2. The molecule has 30 heavy (non-hydrogen) atoms. The first-order chi connectivity index (χ1) is 14.3. The van der Waals surface area contributed by atoms with Crippen LogP contribution in [0.2, 0.25) is 0 Å². The Morgan fingerprint density at radius 3 is 1.93 bits per heavy atom. The van der Waals surface area contributed by atoms with Gasteiger partial charge in [0.2, 0.25) is 0 Å². The maximum Gasteiger partial charge on any atom is 0.300 e. The number of carbonyl (C=O) groups is 1. The van der Waals surface area contributed by atoms with Gasteiger partial charge < -0.3 is 14.5 Å². The third kappa shape index (κ3) is 4.07. The molecule has 158 valence electrons. The molecule has 1 aliphatic rings. The number of hydrogen-bond donors (Lipinski definition) is 2. The van der Waals surface area contributed by atoms with Crippen molar-refractivity contribution in [2.24, 2.45) is 5.84 Å². The molecule has 0 saturated carbocycles. The third-order valence-corrected chi connectivity index (χ3v) is 4.89. The molecule has 1 aliphatic heterocycles. The molecule has 0 unspecified atom stereocenters. The molecule has 0 aliphatic carbocycles. The van der Waals surface area contributed by atoms with Gasteiger partial charge in [-0.15, -0.1) is 0 Å². The molecule has 0 spiro atoms. The van der Waals surface area contributed by atoms with Gasteiger partial charge in [-0.1, -0.05) is 0 Å². The number of amides is 1. The molecule has 3 rings (SSSR count). The van der Waals surface area contributed by atoms with Crippen LogP contribution in [0.1, 0.15) is 10.4 Å². The summed E-state index contributed by atoms with van der Waals surface area (Å²) in [7, 11) is 1.58. The molecule has 2 aromatic carbocycles. The maximum absolute atomic E-state index is 11.8. The summed E-state index contributed by atoms with van der Waals surface area (Å²) >= 11 is 0. The molecule has 1 amide bonds. The van der Waals surface area contributed by atoms with Crippen LogP contribution in [-0.4, -0.2) is 49.0 Å². The highest BCUT2D eigenvalue weighted by Crippen LogP contribution is 2.39. The Morgan fingerprint density at radius 1 is 1.00 bits per heavy atom. The van der Waals surface area contributed by atoms with E-state index in [1.165, 1.54) is 0 Å².